The van der Waals surface area contributed by atoms with Crippen LogP contribution in [0.2, 0.25) is 0 Å². The Morgan fingerprint density at radius 2 is 1.25 bits per heavy atom. The van der Waals surface area contributed by atoms with Crippen LogP contribution in [0.3, 0.4) is 0 Å². The maximum Gasteiger partial charge on any atom is 0.437 e. The second-order valence-corrected chi connectivity index (χ2v) is 12.7. The molecule has 4 aromatic rings. The first-order chi connectivity index (χ1) is 25.3. The number of benzene rings is 2. The number of nitrogens with zero attached hydrogens (tertiary/aromatic N) is 3. The maximum absolute atomic E-state index is 13.0. The summed E-state index contributed by atoms with van der Waals surface area (Å²) in [5.41, 5.74) is -0.478. The van der Waals surface area contributed by atoms with Gasteiger partial charge in [-0.25, -0.2) is 9.59 Å². The van der Waals surface area contributed by atoms with Crippen molar-refractivity contribution in [2.45, 2.75) is 64.7 Å². The first-order valence-electron chi connectivity index (χ1n) is 17.1. The number of carbonyl (C=O) groups excluding carboxylic acids is 2. The normalized spacial score (nSPS) is 14.3. The van der Waals surface area contributed by atoms with Crippen LogP contribution in [0.1, 0.15) is 62.0 Å². The lowest BCUT2D eigenvalue weighted by Gasteiger charge is -2.15. The molecule has 4 heterocycles. The third-order valence-corrected chi connectivity index (χ3v) is 8.51. The molecule has 2 aliphatic rings. The summed E-state index contributed by atoms with van der Waals surface area (Å²) in [5, 5.41) is 15.0. The van der Waals surface area contributed by atoms with Gasteiger partial charge >= 0.3 is 24.4 Å². The van der Waals surface area contributed by atoms with Crippen molar-refractivity contribution in [2.24, 2.45) is 0 Å². The minimum Gasteiger partial charge on any atom is -0.493 e. The van der Waals surface area contributed by atoms with Crippen LogP contribution >= 0.6 is 15.9 Å². The zero-order chi connectivity index (χ0) is 38.6. The molecule has 0 saturated carbocycles. The summed E-state index contributed by atoms with van der Waals surface area (Å²) in [6.07, 6.45) is -5.04. The number of carbonyl (C=O) groups is 2. The lowest BCUT2D eigenvalue weighted by molar-refractivity contribution is -0.142. The number of aryl methyl sites for hydroxylation is 2. The molecule has 0 aliphatic carbocycles. The summed E-state index contributed by atoms with van der Waals surface area (Å²) >= 11 is 3.30. The monoisotopic (exact) mass is 822 g/mol. The van der Waals surface area contributed by atoms with Crippen molar-refractivity contribution < 1.29 is 54.5 Å². The average molecular weight is 824 g/mol. The van der Waals surface area contributed by atoms with Crippen molar-refractivity contribution >= 4 is 49.9 Å². The van der Waals surface area contributed by atoms with E-state index in [2.05, 4.69) is 42.2 Å². The molecule has 0 atom stereocenters. The fraction of sp³-hybridized carbons (Fsp3) is 0.529. The fourth-order valence-corrected chi connectivity index (χ4v) is 5.78. The summed E-state index contributed by atoms with van der Waals surface area (Å²) in [7, 11) is 0. The Morgan fingerprint density at radius 1 is 0.755 bits per heavy atom. The van der Waals surface area contributed by atoms with Gasteiger partial charge in [0.05, 0.1) is 24.0 Å². The van der Waals surface area contributed by atoms with Crippen molar-refractivity contribution in [3.63, 3.8) is 0 Å². The quantitative estimate of drug-likeness (QED) is 0.0703. The molecule has 0 spiro atoms. The topological polar surface area (TPSA) is 144 Å². The molecule has 53 heavy (non-hydrogen) atoms. The van der Waals surface area contributed by atoms with Gasteiger partial charge in [0, 0.05) is 49.2 Å². The highest BCUT2D eigenvalue weighted by Gasteiger charge is 2.38. The van der Waals surface area contributed by atoms with Gasteiger partial charge in [-0.15, -0.1) is 0 Å². The van der Waals surface area contributed by atoms with Gasteiger partial charge in [0.1, 0.15) is 11.5 Å². The molecular weight excluding hydrogens is 782 g/mol. The Bertz CT molecular complexity index is 1810. The van der Waals surface area contributed by atoms with E-state index in [-0.39, 0.29) is 34.0 Å². The van der Waals surface area contributed by atoms with Gasteiger partial charge < -0.3 is 39.4 Å². The zero-order valence-electron chi connectivity index (χ0n) is 29.1. The van der Waals surface area contributed by atoms with Crippen LogP contribution in [0.25, 0.3) is 21.9 Å². The predicted molar refractivity (Wildman–Crippen MR) is 186 cm³/mol. The summed E-state index contributed by atoms with van der Waals surface area (Å²) in [4.78, 5) is 23.2. The predicted octanol–water partition coefficient (Wildman–Crippen LogP) is 7.86. The Morgan fingerprint density at radius 3 is 1.62 bits per heavy atom. The number of fused-ring (bicyclic) bond motifs is 2. The maximum atomic E-state index is 13.0. The van der Waals surface area contributed by atoms with Crippen molar-refractivity contribution in [3.05, 3.63) is 46.8 Å². The molecule has 0 unspecified atom stereocenters. The van der Waals surface area contributed by atoms with Gasteiger partial charge in [-0.05, 0) is 49.9 Å². The van der Waals surface area contributed by atoms with Crippen LogP contribution < -0.4 is 25.4 Å². The summed E-state index contributed by atoms with van der Waals surface area (Å²) in [6, 6.07) is 5.65. The SMILES string of the molecule is CCCc1c(OCCCBr)ccc2c(C(F)(F)F)noc12.CCCc1c(OCCCN2CCNC2=O)ccc2c(C(F)(F)F)noc12.O=C1NCCN1. The molecule has 2 aromatic carbocycles. The minimum atomic E-state index is -4.56. The van der Waals surface area contributed by atoms with Gasteiger partial charge in [-0.1, -0.05) is 52.9 Å². The number of nitrogens with one attached hydrogen (secondary N) is 3. The molecule has 4 amide bonds. The van der Waals surface area contributed by atoms with Crippen molar-refractivity contribution in [3.8, 4) is 11.5 Å². The third-order valence-electron chi connectivity index (χ3n) is 7.95. The first-order valence-corrected chi connectivity index (χ1v) is 18.2. The van der Waals surface area contributed by atoms with E-state index < -0.39 is 23.7 Å². The van der Waals surface area contributed by atoms with Gasteiger partial charge in [0.15, 0.2) is 22.6 Å². The smallest absolute Gasteiger partial charge is 0.437 e. The number of urea groups is 2. The zero-order valence-corrected chi connectivity index (χ0v) is 30.7. The van der Waals surface area contributed by atoms with Crippen LogP contribution in [0.15, 0.2) is 33.3 Å². The first kappa shape index (κ1) is 41.3. The van der Waals surface area contributed by atoms with Crippen molar-refractivity contribution in [1.82, 2.24) is 31.2 Å². The number of hydrogen-bond donors (Lipinski definition) is 3. The molecule has 19 heteroatoms. The van der Waals surface area contributed by atoms with Crippen LogP contribution in [0.5, 0.6) is 11.5 Å². The molecule has 12 nitrogen and oxygen atoms in total. The second kappa shape index (κ2) is 19.1. The van der Waals surface area contributed by atoms with Crippen LogP contribution in [-0.2, 0) is 25.2 Å². The molecule has 6 rings (SSSR count). The molecule has 0 radical (unpaired) electrons. The highest BCUT2D eigenvalue weighted by molar-refractivity contribution is 9.09. The molecule has 0 bridgehead atoms. The van der Waals surface area contributed by atoms with Crippen LogP contribution in [-0.4, -0.2) is 78.5 Å². The summed E-state index contributed by atoms with van der Waals surface area (Å²) in [6.45, 7) is 8.15. The number of rotatable bonds is 13. The highest BCUT2D eigenvalue weighted by Crippen LogP contribution is 2.39. The standard InChI is InChI=1S/C17H20F3N3O3.C14H15BrF3NO2.C3H6N2O/c1-2-4-11-13(25-10-3-8-23-9-7-21-16(23)24)6-5-12-14(11)26-22-15(12)17(18,19)20;1-2-4-9-11(20-8-3-7-15)6-5-10-12(9)21-19-13(10)14(16,17)18;6-3-4-1-2-5-3/h5-6H,2-4,7-10H2,1H3,(H,21,24);5-6H,2-4,7-8H2,1H3;1-2H2,(H2,4,5,6). The van der Waals surface area contributed by atoms with E-state index in [4.69, 9.17) is 18.5 Å². The number of amides is 4. The molecule has 3 N–H and O–H groups in total. The van der Waals surface area contributed by atoms with Crippen molar-refractivity contribution in [2.75, 3.05) is 51.3 Å². The summed E-state index contributed by atoms with van der Waals surface area (Å²) < 4.78 is 98.9. The van der Waals surface area contributed by atoms with E-state index in [1.165, 1.54) is 18.2 Å². The average Bonchev–Trinajstić information content (AvgIpc) is 3.93. The van der Waals surface area contributed by atoms with Gasteiger partial charge in [-0.2, -0.15) is 26.3 Å². The highest BCUT2D eigenvalue weighted by atomic mass is 79.9. The van der Waals surface area contributed by atoms with Gasteiger partial charge in [0.2, 0.25) is 0 Å². The van der Waals surface area contributed by atoms with E-state index in [1.807, 2.05) is 13.8 Å². The van der Waals surface area contributed by atoms with E-state index in [1.54, 1.807) is 11.0 Å². The van der Waals surface area contributed by atoms with E-state index in [0.29, 0.717) is 74.7 Å². The Labute approximate surface area is 309 Å². The summed E-state index contributed by atoms with van der Waals surface area (Å²) in [5.74, 6) is 1.06. The second-order valence-electron chi connectivity index (χ2n) is 11.9. The minimum absolute atomic E-state index is 0.0150. The van der Waals surface area contributed by atoms with E-state index in [0.717, 1.165) is 37.7 Å². The molecule has 2 aromatic heterocycles. The number of halogens is 7. The number of ether oxygens (including phenoxy) is 2. The Balaban J connectivity index is 0.000000207. The Hall–Kier alpha value is -4.42. The number of alkyl halides is 7. The molecule has 2 aliphatic heterocycles. The largest absolute Gasteiger partial charge is 0.493 e. The van der Waals surface area contributed by atoms with Crippen LogP contribution in [0.4, 0.5) is 35.9 Å². The molecule has 2 saturated heterocycles. The number of hydrogen-bond acceptors (Lipinski definition) is 8. The van der Waals surface area contributed by atoms with Crippen LogP contribution in [0, 0.1) is 0 Å². The lowest BCUT2D eigenvalue weighted by atomic mass is 10.0. The number of aromatic nitrogens is 2. The third kappa shape index (κ3) is 11.1. The lowest BCUT2D eigenvalue weighted by Crippen LogP contribution is -2.29. The van der Waals surface area contributed by atoms with Gasteiger partial charge in [0.25, 0.3) is 0 Å². The van der Waals surface area contributed by atoms with E-state index in [9.17, 15) is 35.9 Å². The fourth-order valence-electron chi connectivity index (χ4n) is 5.55. The van der Waals surface area contributed by atoms with E-state index >= 15 is 0 Å². The molecule has 292 valence electrons. The Kier molecular flexibility index (Phi) is 14.9. The van der Waals surface area contributed by atoms with Crippen molar-refractivity contribution in [1.29, 1.82) is 0 Å². The molecular formula is C34H41BrF6N6O6. The molecule has 2 fully saturated rings. The van der Waals surface area contributed by atoms with Gasteiger partial charge in [-0.3, -0.25) is 0 Å².